The van der Waals surface area contributed by atoms with Crippen LogP contribution in [-0.2, 0) is 0 Å². The van der Waals surface area contributed by atoms with Gasteiger partial charge in [0.1, 0.15) is 23.5 Å². The summed E-state index contributed by atoms with van der Waals surface area (Å²) in [5.41, 5.74) is 2.10. The normalized spacial score (nSPS) is 20.3. The molecule has 1 aromatic carbocycles. The second-order valence-electron chi connectivity index (χ2n) is 9.23. The molecule has 0 bridgehead atoms. The third-order valence-corrected chi connectivity index (χ3v) is 7.10. The number of rotatable bonds is 4. The molecule has 9 heteroatoms. The lowest BCUT2D eigenvalue weighted by atomic mass is 10.1. The first-order valence-corrected chi connectivity index (χ1v) is 12.3. The Morgan fingerprint density at radius 3 is 2.49 bits per heavy atom. The third-order valence-electron chi connectivity index (χ3n) is 6.82. The summed E-state index contributed by atoms with van der Waals surface area (Å²) in [5.74, 6) is 2.01. The predicted octanol–water partition coefficient (Wildman–Crippen LogP) is 4.91. The van der Waals surface area contributed by atoms with Gasteiger partial charge >= 0.3 is 0 Å². The summed E-state index contributed by atoms with van der Waals surface area (Å²) in [6.07, 6.45) is 3.79. The fourth-order valence-electron chi connectivity index (χ4n) is 4.91. The van der Waals surface area contributed by atoms with E-state index in [-0.39, 0.29) is 11.9 Å². The van der Waals surface area contributed by atoms with E-state index in [4.69, 9.17) is 26.8 Å². The summed E-state index contributed by atoms with van der Waals surface area (Å²) in [5, 5.41) is 9.58. The average Bonchev–Trinajstić information content (AvgIpc) is 3.30. The molecule has 2 aliphatic heterocycles. The van der Waals surface area contributed by atoms with E-state index in [9.17, 15) is 4.39 Å². The van der Waals surface area contributed by atoms with E-state index in [1.807, 2.05) is 6.07 Å². The highest BCUT2D eigenvalue weighted by atomic mass is 35.5. The van der Waals surface area contributed by atoms with Gasteiger partial charge in [0.15, 0.2) is 0 Å². The monoisotopic (exact) mass is 491 g/mol. The first-order valence-electron chi connectivity index (χ1n) is 11.9. The minimum Gasteiger partial charge on any atom is -0.352 e. The Hall–Kier alpha value is -3.44. The van der Waals surface area contributed by atoms with Crippen LogP contribution in [0.25, 0.3) is 11.3 Å². The number of hydrogen-bond acceptors (Lipinski definition) is 7. The number of hydrogen-bond donors (Lipinski definition) is 0. The Labute approximate surface area is 209 Å². The second-order valence-corrected chi connectivity index (χ2v) is 9.64. The van der Waals surface area contributed by atoms with Crippen molar-refractivity contribution < 1.29 is 4.39 Å². The smallest absolute Gasteiger partial charge is 0.228 e. The fraction of sp³-hybridized carbons (Fsp3) is 0.385. The van der Waals surface area contributed by atoms with E-state index >= 15 is 0 Å². The van der Waals surface area contributed by atoms with Gasteiger partial charge in [0.05, 0.1) is 16.3 Å². The first kappa shape index (κ1) is 23.3. The Morgan fingerprint density at radius 2 is 1.83 bits per heavy atom. The van der Waals surface area contributed by atoms with Crippen molar-refractivity contribution in [2.75, 3.05) is 40.9 Å². The molecule has 35 heavy (non-hydrogen) atoms. The lowest BCUT2D eigenvalue weighted by Gasteiger charge is -2.41. The molecule has 7 nitrogen and oxygen atoms in total. The lowest BCUT2D eigenvalue weighted by Crippen LogP contribution is -2.52. The van der Waals surface area contributed by atoms with Gasteiger partial charge in [-0.3, -0.25) is 0 Å². The topological polar surface area (TPSA) is 72.2 Å². The van der Waals surface area contributed by atoms with Gasteiger partial charge in [-0.1, -0.05) is 11.6 Å². The number of aromatic nitrogens is 3. The highest BCUT2D eigenvalue weighted by molar-refractivity contribution is 6.33. The van der Waals surface area contributed by atoms with Crippen molar-refractivity contribution in [3.63, 3.8) is 0 Å². The van der Waals surface area contributed by atoms with E-state index in [1.54, 1.807) is 24.4 Å². The first-order chi connectivity index (χ1) is 16.9. The van der Waals surface area contributed by atoms with Crippen molar-refractivity contribution in [1.29, 1.82) is 5.26 Å². The van der Waals surface area contributed by atoms with Crippen molar-refractivity contribution in [1.82, 2.24) is 15.0 Å². The maximum atomic E-state index is 13.6. The van der Waals surface area contributed by atoms with E-state index in [0.29, 0.717) is 35.5 Å². The molecule has 0 amide bonds. The molecule has 5 rings (SSSR count). The van der Waals surface area contributed by atoms with E-state index in [2.05, 4.69) is 39.6 Å². The van der Waals surface area contributed by atoms with E-state index < -0.39 is 0 Å². The van der Waals surface area contributed by atoms with Crippen LogP contribution in [0, 0.1) is 17.1 Å². The quantitative estimate of drug-likeness (QED) is 0.513. The summed E-state index contributed by atoms with van der Waals surface area (Å²) in [6.45, 7) is 7.45. The summed E-state index contributed by atoms with van der Waals surface area (Å²) in [6, 6.07) is 12.7. The van der Waals surface area contributed by atoms with Crippen LogP contribution in [0.3, 0.4) is 0 Å². The number of nitriles is 1. The maximum Gasteiger partial charge on any atom is 0.228 e. The van der Waals surface area contributed by atoms with Gasteiger partial charge in [0.2, 0.25) is 5.95 Å². The molecule has 0 radical (unpaired) electrons. The summed E-state index contributed by atoms with van der Waals surface area (Å²) >= 11 is 6.43. The molecule has 0 N–H and O–H groups in total. The zero-order valence-corrected chi connectivity index (χ0v) is 20.6. The number of pyridine rings is 1. The molecular weight excluding hydrogens is 465 g/mol. The number of halogens is 2. The van der Waals surface area contributed by atoms with Crippen molar-refractivity contribution in [3.05, 3.63) is 59.0 Å². The highest BCUT2D eigenvalue weighted by Gasteiger charge is 2.29. The predicted molar refractivity (Wildman–Crippen MR) is 136 cm³/mol. The molecule has 2 aliphatic rings. The Balaban J connectivity index is 1.45. The van der Waals surface area contributed by atoms with E-state index in [1.165, 1.54) is 12.1 Å². The molecule has 0 aliphatic carbocycles. The number of nitrogens with zero attached hydrogens (tertiary/aromatic N) is 7. The van der Waals surface area contributed by atoms with Crippen LogP contribution in [0.4, 0.5) is 22.0 Å². The van der Waals surface area contributed by atoms with E-state index in [0.717, 1.165) is 49.0 Å². The molecule has 2 unspecified atom stereocenters. The third kappa shape index (κ3) is 4.73. The van der Waals surface area contributed by atoms with Crippen molar-refractivity contribution >= 4 is 29.2 Å². The van der Waals surface area contributed by atoms with Gasteiger partial charge in [-0.05, 0) is 57.0 Å². The highest BCUT2D eigenvalue weighted by Crippen LogP contribution is 2.32. The van der Waals surface area contributed by atoms with Crippen molar-refractivity contribution in [3.8, 4) is 17.3 Å². The SMILES string of the molecule is CC1CN(c2ncc(C#N)cc2Cl)CCN1c1cc(-c2ccc(F)cc2)nc(N2CCCC2C)n1. The Morgan fingerprint density at radius 1 is 1.03 bits per heavy atom. The molecular formula is C26H27ClFN7. The van der Waals surface area contributed by atoms with Gasteiger partial charge < -0.3 is 14.7 Å². The van der Waals surface area contributed by atoms with Crippen LogP contribution >= 0.6 is 11.6 Å². The standard InChI is InChI=1S/C26H27ClFN7/c1-17-4-3-9-35(17)26-31-23(20-5-7-21(28)8-6-20)13-24(32-26)34-11-10-33(16-18(34)2)25-22(27)12-19(14-29)15-30-25/h5-8,12-13,15,17-18H,3-4,9-11,16H2,1-2H3. The second kappa shape index (κ2) is 9.67. The molecule has 0 saturated carbocycles. The zero-order chi connectivity index (χ0) is 24.5. The largest absolute Gasteiger partial charge is 0.352 e. The minimum atomic E-state index is -0.267. The van der Waals surface area contributed by atoms with Gasteiger partial charge in [0.25, 0.3) is 0 Å². The van der Waals surface area contributed by atoms with Gasteiger partial charge in [-0.2, -0.15) is 10.2 Å². The molecule has 2 aromatic heterocycles. The van der Waals surface area contributed by atoms with Crippen LogP contribution in [0.1, 0.15) is 32.3 Å². The molecule has 4 heterocycles. The summed E-state index contributed by atoms with van der Waals surface area (Å²) in [4.78, 5) is 21.0. The fourth-order valence-corrected chi connectivity index (χ4v) is 5.20. The van der Waals surface area contributed by atoms with Gasteiger partial charge in [0, 0.05) is 56.1 Å². The Bertz CT molecular complexity index is 1260. The van der Waals surface area contributed by atoms with Crippen LogP contribution in [0.2, 0.25) is 5.02 Å². The summed E-state index contributed by atoms with van der Waals surface area (Å²) < 4.78 is 13.6. The van der Waals surface area contributed by atoms with Crippen molar-refractivity contribution in [2.24, 2.45) is 0 Å². The minimum absolute atomic E-state index is 0.136. The molecule has 3 aromatic rings. The molecule has 2 saturated heterocycles. The number of piperazine rings is 1. The van der Waals surface area contributed by atoms with Crippen LogP contribution in [0.15, 0.2) is 42.6 Å². The zero-order valence-electron chi connectivity index (χ0n) is 19.8. The Kier molecular flexibility index (Phi) is 6.44. The molecule has 2 atom stereocenters. The van der Waals surface area contributed by atoms with Gasteiger partial charge in [-0.15, -0.1) is 0 Å². The lowest BCUT2D eigenvalue weighted by molar-refractivity contribution is 0.542. The average molecular weight is 492 g/mol. The molecule has 0 spiro atoms. The molecule has 180 valence electrons. The van der Waals surface area contributed by atoms with Crippen LogP contribution in [0.5, 0.6) is 0 Å². The van der Waals surface area contributed by atoms with Crippen molar-refractivity contribution in [2.45, 2.75) is 38.8 Å². The van der Waals surface area contributed by atoms with Crippen LogP contribution in [-0.4, -0.2) is 53.2 Å². The summed E-state index contributed by atoms with van der Waals surface area (Å²) in [7, 11) is 0. The van der Waals surface area contributed by atoms with Gasteiger partial charge in [-0.25, -0.2) is 14.4 Å². The number of anilines is 3. The maximum absolute atomic E-state index is 13.6. The van der Waals surface area contributed by atoms with Crippen LogP contribution < -0.4 is 14.7 Å². The molecule has 2 fully saturated rings. The number of benzene rings is 1.